The van der Waals surface area contributed by atoms with Crippen LogP contribution in [-0.2, 0) is 0 Å². The van der Waals surface area contributed by atoms with E-state index in [2.05, 4.69) is 10.1 Å². The lowest BCUT2D eigenvalue weighted by Crippen LogP contribution is -2.11. The van der Waals surface area contributed by atoms with Crippen molar-refractivity contribution in [2.75, 3.05) is 5.73 Å². The first-order valence-electron chi connectivity index (χ1n) is 4.96. The Kier molecular flexibility index (Phi) is 6.82. The Bertz CT molecular complexity index is 528. The Labute approximate surface area is 122 Å². The van der Waals surface area contributed by atoms with Crippen molar-refractivity contribution in [3.05, 3.63) is 59.7 Å². The van der Waals surface area contributed by atoms with Gasteiger partial charge in [0.1, 0.15) is 11.5 Å². The van der Waals surface area contributed by atoms with Crippen molar-refractivity contribution in [1.29, 1.82) is 0 Å². The monoisotopic (exact) mass is 302 g/mol. The van der Waals surface area contributed by atoms with E-state index in [1.165, 1.54) is 12.3 Å². The molecule has 0 amide bonds. The van der Waals surface area contributed by atoms with E-state index in [0.29, 0.717) is 16.8 Å². The molecule has 0 saturated carbocycles. The standard InChI is InChI=1S/C12H11FN4.2ClH/c13-10-4-2-1-3-8(10)12(17-15)9-7-16-6-5-11(9)14;;/h1-7H,15H2,(H2,14,16);2*1H/b17-12-;;. The topological polar surface area (TPSA) is 77.3 Å². The summed E-state index contributed by atoms with van der Waals surface area (Å²) in [6.07, 6.45) is 3.06. The minimum Gasteiger partial charge on any atom is -0.398 e. The number of anilines is 1. The molecule has 4 nitrogen and oxygen atoms in total. The molecule has 7 heteroatoms. The molecule has 4 N–H and O–H groups in total. The van der Waals surface area contributed by atoms with Crippen molar-refractivity contribution in [3.8, 4) is 0 Å². The molecule has 2 rings (SSSR count). The molecule has 0 saturated heterocycles. The first kappa shape index (κ1) is 17.2. The number of hydrogen-bond acceptors (Lipinski definition) is 4. The van der Waals surface area contributed by atoms with E-state index in [-0.39, 0.29) is 30.5 Å². The van der Waals surface area contributed by atoms with Gasteiger partial charge >= 0.3 is 0 Å². The van der Waals surface area contributed by atoms with Gasteiger partial charge in [-0.15, -0.1) is 24.8 Å². The van der Waals surface area contributed by atoms with Crippen LogP contribution in [0.5, 0.6) is 0 Å². The number of nitrogens with zero attached hydrogens (tertiary/aromatic N) is 2. The zero-order valence-corrected chi connectivity index (χ0v) is 11.4. The number of benzene rings is 1. The summed E-state index contributed by atoms with van der Waals surface area (Å²) >= 11 is 0. The van der Waals surface area contributed by atoms with Gasteiger partial charge in [0.2, 0.25) is 0 Å². The first-order valence-corrected chi connectivity index (χ1v) is 4.96. The van der Waals surface area contributed by atoms with Crippen LogP contribution in [0, 0.1) is 5.82 Å². The van der Waals surface area contributed by atoms with Gasteiger partial charge in [0.05, 0.1) is 0 Å². The molecule has 0 spiro atoms. The van der Waals surface area contributed by atoms with Gasteiger partial charge in [-0.05, 0) is 18.2 Å². The smallest absolute Gasteiger partial charge is 0.132 e. The summed E-state index contributed by atoms with van der Waals surface area (Å²) in [6, 6.07) is 7.84. The molecule has 0 aliphatic carbocycles. The van der Waals surface area contributed by atoms with Gasteiger partial charge in [0.15, 0.2) is 0 Å². The van der Waals surface area contributed by atoms with Gasteiger partial charge in [0, 0.05) is 29.2 Å². The predicted molar refractivity (Wildman–Crippen MR) is 79.4 cm³/mol. The molecule has 0 bridgehead atoms. The number of hydrogen-bond donors (Lipinski definition) is 2. The highest BCUT2D eigenvalue weighted by molar-refractivity contribution is 6.15. The molecule has 0 radical (unpaired) electrons. The third-order valence-corrected chi connectivity index (χ3v) is 2.37. The lowest BCUT2D eigenvalue weighted by molar-refractivity contribution is 0.625. The molecule has 1 heterocycles. The second kappa shape index (κ2) is 7.56. The molecule has 0 unspecified atom stereocenters. The molecule has 102 valence electrons. The van der Waals surface area contributed by atoms with Crippen molar-refractivity contribution in [2.45, 2.75) is 0 Å². The summed E-state index contributed by atoms with van der Waals surface area (Å²) in [5.74, 6) is 4.91. The molecular formula is C12H13Cl2FN4. The lowest BCUT2D eigenvalue weighted by Gasteiger charge is -2.08. The van der Waals surface area contributed by atoms with Crippen LogP contribution in [0.4, 0.5) is 10.1 Å². The number of aromatic nitrogens is 1. The Morgan fingerprint density at radius 2 is 1.79 bits per heavy atom. The zero-order chi connectivity index (χ0) is 12.3. The van der Waals surface area contributed by atoms with Gasteiger partial charge in [-0.3, -0.25) is 4.98 Å². The Morgan fingerprint density at radius 3 is 2.37 bits per heavy atom. The Morgan fingerprint density at radius 1 is 1.11 bits per heavy atom. The highest BCUT2D eigenvalue weighted by atomic mass is 35.5. The molecule has 19 heavy (non-hydrogen) atoms. The van der Waals surface area contributed by atoms with Crippen LogP contribution in [0.15, 0.2) is 47.8 Å². The van der Waals surface area contributed by atoms with Crippen molar-refractivity contribution in [1.82, 2.24) is 4.98 Å². The lowest BCUT2D eigenvalue weighted by atomic mass is 10.0. The van der Waals surface area contributed by atoms with Crippen LogP contribution in [-0.4, -0.2) is 10.7 Å². The first-order chi connectivity index (χ1) is 8.24. The number of hydrazone groups is 1. The minimum absolute atomic E-state index is 0. The summed E-state index contributed by atoms with van der Waals surface area (Å²) in [5.41, 5.74) is 7.34. The summed E-state index contributed by atoms with van der Waals surface area (Å²) in [4.78, 5) is 3.93. The van der Waals surface area contributed by atoms with Crippen LogP contribution >= 0.6 is 24.8 Å². The quantitative estimate of drug-likeness (QED) is 0.508. The van der Waals surface area contributed by atoms with E-state index in [1.54, 1.807) is 30.5 Å². The molecule has 0 fully saturated rings. The van der Waals surface area contributed by atoms with Gasteiger partial charge < -0.3 is 11.6 Å². The molecule has 0 aliphatic heterocycles. The van der Waals surface area contributed by atoms with E-state index in [9.17, 15) is 4.39 Å². The van der Waals surface area contributed by atoms with Crippen molar-refractivity contribution < 1.29 is 4.39 Å². The molecule has 1 aromatic heterocycles. The number of nitrogens with two attached hydrogens (primary N) is 2. The van der Waals surface area contributed by atoms with Crippen molar-refractivity contribution in [3.63, 3.8) is 0 Å². The summed E-state index contributed by atoms with van der Waals surface area (Å²) in [6.45, 7) is 0. The van der Waals surface area contributed by atoms with Crippen molar-refractivity contribution >= 4 is 36.2 Å². The number of rotatable bonds is 2. The van der Waals surface area contributed by atoms with Gasteiger partial charge in [0.25, 0.3) is 0 Å². The highest BCUT2D eigenvalue weighted by Gasteiger charge is 2.13. The fourth-order valence-corrected chi connectivity index (χ4v) is 1.54. The second-order valence-electron chi connectivity index (χ2n) is 3.42. The van der Waals surface area contributed by atoms with Gasteiger partial charge in [-0.1, -0.05) is 12.1 Å². The van der Waals surface area contributed by atoms with E-state index >= 15 is 0 Å². The number of pyridine rings is 1. The van der Waals surface area contributed by atoms with E-state index in [1.807, 2.05) is 0 Å². The highest BCUT2D eigenvalue weighted by Crippen LogP contribution is 2.17. The maximum absolute atomic E-state index is 13.6. The Balaban J connectivity index is 0.00000162. The van der Waals surface area contributed by atoms with Crippen LogP contribution in [0.25, 0.3) is 0 Å². The average Bonchev–Trinajstić information content (AvgIpc) is 2.34. The SMILES string of the molecule is Cl.Cl.N/N=C(\c1cnccc1N)c1ccccc1F. The van der Waals surface area contributed by atoms with Crippen LogP contribution < -0.4 is 11.6 Å². The molecule has 0 aliphatic rings. The Hall–Kier alpha value is -1.85. The predicted octanol–water partition coefficient (Wildman–Crippen LogP) is 2.36. The molecule has 1 aromatic carbocycles. The molecular weight excluding hydrogens is 290 g/mol. The fourth-order valence-electron chi connectivity index (χ4n) is 1.54. The van der Waals surface area contributed by atoms with E-state index < -0.39 is 5.82 Å². The van der Waals surface area contributed by atoms with E-state index in [0.717, 1.165) is 0 Å². The molecule has 2 aromatic rings. The van der Waals surface area contributed by atoms with Gasteiger partial charge in [-0.25, -0.2) is 4.39 Å². The van der Waals surface area contributed by atoms with Crippen LogP contribution in [0.3, 0.4) is 0 Å². The maximum atomic E-state index is 13.6. The minimum atomic E-state index is -0.403. The van der Waals surface area contributed by atoms with E-state index in [4.69, 9.17) is 11.6 Å². The fraction of sp³-hybridized carbons (Fsp3) is 0. The third kappa shape index (κ3) is 3.56. The number of halogens is 3. The summed E-state index contributed by atoms with van der Waals surface area (Å²) < 4.78 is 13.6. The molecule has 0 atom stereocenters. The largest absolute Gasteiger partial charge is 0.398 e. The van der Waals surface area contributed by atoms with Crippen LogP contribution in [0.1, 0.15) is 11.1 Å². The van der Waals surface area contributed by atoms with Gasteiger partial charge in [-0.2, -0.15) is 5.10 Å². The normalized spacial score (nSPS) is 10.3. The average molecular weight is 303 g/mol. The maximum Gasteiger partial charge on any atom is 0.132 e. The summed E-state index contributed by atoms with van der Waals surface area (Å²) in [5, 5.41) is 3.61. The van der Waals surface area contributed by atoms with Crippen molar-refractivity contribution in [2.24, 2.45) is 10.9 Å². The zero-order valence-electron chi connectivity index (χ0n) is 9.79. The van der Waals surface area contributed by atoms with Crippen LogP contribution in [0.2, 0.25) is 0 Å². The summed E-state index contributed by atoms with van der Waals surface area (Å²) in [7, 11) is 0. The second-order valence-corrected chi connectivity index (χ2v) is 3.42. The number of nitrogen functional groups attached to an aromatic ring is 1. The third-order valence-electron chi connectivity index (χ3n) is 2.37.